The molecule has 0 saturated heterocycles. The van der Waals surface area contributed by atoms with Gasteiger partial charge in [-0.1, -0.05) is 6.07 Å². The first-order valence-electron chi connectivity index (χ1n) is 6.38. The zero-order valence-electron chi connectivity index (χ0n) is 12.0. The van der Waals surface area contributed by atoms with Crippen LogP contribution in [0.4, 0.5) is 4.39 Å². The van der Waals surface area contributed by atoms with Crippen molar-refractivity contribution in [1.29, 1.82) is 0 Å². The number of carboxylic acids is 1. The van der Waals surface area contributed by atoms with Crippen LogP contribution >= 0.6 is 0 Å². The van der Waals surface area contributed by atoms with E-state index >= 15 is 0 Å². The Labute approximate surface area is 120 Å². The molecule has 21 heavy (non-hydrogen) atoms. The van der Waals surface area contributed by atoms with Crippen LogP contribution in [-0.4, -0.2) is 20.6 Å². The summed E-state index contributed by atoms with van der Waals surface area (Å²) in [6.07, 6.45) is -0.265. The summed E-state index contributed by atoms with van der Waals surface area (Å²) >= 11 is 0. The van der Waals surface area contributed by atoms with E-state index in [0.717, 1.165) is 10.1 Å². The molecular weight excluding hydrogens is 275 g/mol. The molecular formula is C15H15FN2O3. The van der Waals surface area contributed by atoms with Crippen LogP contribution in [0.5, 0.6) is 0 Å². The monoisotopic (exact) mass is 290 g/mol. The molecule has 2 rings (SSSR count). The molecule has 0 aliphatic rings. The van der Waals surface area contributed by atoms with Gasteiger partial charge in [0, 0.05) is 17.0 Å². The largest absolute Gasteiger partial charge is 0.481 e. The maximum Gasteiger partial charge on any atom is 0.352 e. The van der Waals surface area contributed by atoms with Crippen molar-refractivity contribution in [2.75, 3.05) is 0 Å². The molecule has 0 aliphatic carbocycles. The average Bonchev–Trinajstić information content (AvgIpc) is 2.36. The Morgan fingerprint density at radius 2 is 2.00 bits per heavy atom. The molecule has 0 spiro atoms. The third kappa shape index (κ3) is 2.84. The van der Waals surface area contributed by atoms with Crippen molar-refractivity contribution in [3.63, 3.8) is 0 Å². The molecule has 6 heteroatoms. The van der Waals surface area contributed by atoms with E-state index in [1.165, 1.54) is 12.1 Å². The van der Waals surface area contributed by atoms with Gasteiger partial charge in [0.2, 0.25) is 0 Å². The predicted octanol–water partition coefficient (Wildman–Crippen LogP) is 1.92. The highest BCUT2D eigenvalue weighted by molar-refractivity contribution is 5.71. The Hall–Kier alpha value is -2.50. The molecule has 110 valence electrons. The van der Waals surface area contributed by atoms with Gasteiger partial charge in [0.05, 0.1) is 12.1 Å². The van der Waals surface area contributed by atoms with Crippen molar-refractivity contribution in [2.24, 2.45) is 0 Å². The van der Waals surface area contributed by atoms with E-state index in [-0.39, 0.29) is 12.1 Å². The summed E-state index contributed by atoms with van der Waals surface area (Å²) in [4.78, 5) is 26.8. The molecule has 0 bridgehead atoms. The van der Waals surface area contributed by atoms with Gasteiger partial charge in [-0.3, -0.25) is 9.36 Å². The molecule has 2 aromatic rings. The summed E-state index contributed by atoms with van der Waals surface area (Å²) < 4.78 is 15.2. The van der Waals surface area contributed by atoms with Crippen molar-refractivity contribution >= 4 is 5.97 Å². The molecule has 1 aromatic heterocycles. The number of carbonyl (C=O) groups is 1. The molecule has 0 aliphatic heterocycles. The smallest absolute Gasteiger partial charge is 0.352 e. The minimum absolute atomic E-state index is 0.0715. The van der Waals surface area contributed by atoms with Crippen LogP contribution in [0.1, 0.15) is 22.5 Å². The minimum Gasteiger partial charge on any atom is -0.481 e. The first kappa shape index (κ1) is 14.9. The quantitative estimate of drug-likeness (QED) is 0.937. The zero-order valence-corrected chi connectivity index (χ0v) is 12.0. The fraction of sp³-hybridized carbons (Fsp3) is 0.267. The van der Waals surface area contributed by atoms with Crippen molar-refractivity contribution in [1.82, 2.24) is 9.55 Å². The van der Waals surface area contributed by atoms with Crippen LogP contribution in [-0.2, 0) is 11.2 Å². The summed E-state index contributed by atoms with van der Waals surface area (Å²) in [5.74, 6) is -1.58. The first-order valence-corrected chi connectivity index (χ1v) is 6.38. The number of halogens is 1. The summed E-state index contributed by atoms with van der Waals surface area (Å²) in [5, 5.41) is 8.95. The van der Waals surface area contributed by atoms with Crippen LogP contribution in [0.3, 0.4) is 0 Å². The van der Waals surface area contributed by atoms with Gasteiger partial charge in [-0.25, -0.2) is 9.18 Å². The van der Waals surface area contributed by atoms with E-state index in [4.69, 9.17) is 5.11 Å². The fourth-order valence-electron chi connectivity index (χ4n) is 2.29. The summed E-state index contributed by atoms with van der Waals surface area (Å²) in [6.45, 7) is 4.90. The number of hydrogen-bond acceptors (Lipinski definition) is 3. The Kier molecular flexibility index (Phi) is 3.88. The van der Waals surface area contributed by atoms with Gasteiger partial charge in [0.15, 0.2) is 0 Å². The topological polar surface area (TPSA) is 72.2 Å². The third-order valence-electron chi connectivity index (χ3n) is 3.34. The molecule has 1 heterocycles. The van der Waals surface area contributed by atoms with Crippen molar-refractivity contribution in [3.8, 4) is 5.69 Å². The second kappa shape index (κ2) is 5.47. The Morgan fingerprint density at radius 1 is 1.33 bits per heavy atom. The molecule has 0 amide bonds. The lowest BCUT2D eigenvalue weighted by molar-refractivity contribution is -0.136. The van der Waals surface area contributed by atoms with E-state index in [9.17, 15) is 14.0 Å². The molecule has 1 aromatic carbocycles. The fourth-order valence-corrected chi connectivity index (χ4v) is 2.29. The average molecular weight is 290 g/mol. The number of benzene rings is 1. The number of aliphatic carboxylic acids is 1. The number of aromatic nitrogens is 2. The maximum absolute atomic E-state index is 14.1. The molecule has 1 N–H and O–H groups in total. The second-order valence-corrected chi connectivity index (χ2v) is 4.90. The van der Waals surface area contributed by atoms with Gasteiger partial charge in [-0.05, 0) is 38.5 Å². The molecule has 0 fully saturated rings. The van der Waals surface area contributed by atoms with Crippen molar-refractivity contribution in [2.45, 2.75) is 27.2 Å². The van der Waals surface area contributed by atoms with Crippen LogP contribution in [0.15, 0.2) is 23.0 Å². The number of rotatable bonds is 3. The Bertz CT molecular complexity index is 781. The van der Waals surface area contributed by atoms with Gasteiger partial charge in [0.1, 0.15) is 5.82 Å². The number of aryl methyl sites for hydroxylation is 2. The van der Waals surface area contributed by atoms with Crippen LogP contribution < -0.4 is 5.69 Å². The number of hydrogen-bond donors (Lipinski definition) is 1. The van der Waals surface area contributed by atoms with E-state index in [1.807, 2.05) is 0 Å². The van der Waals surface area contributed by atoms with E-state index in [0.29, 0.717) is 17.0 Å². The van der Waals surface area contributed by atoms with Crippen molar-refractivity contribution < 1.29 is 14.3 Å². The standard InChI is InChI=1S/C15H15FN2O3/c1-8-4-5-13(12(16)6-8)18-10(3)11(7-14(19)20)9(2)17-15(18)21/h4-6H,7H2,1-3H3,(H,19,20). The lowest BCUT2D eigenvalue weighted by Gasteiger charge is -2.15. The van der Waals surface area contributed by atoms with Gasteiger partial charge < -0.3 is 5.11 Å². The molecule has 5 nitrogen and oxygen atoms in total. The Morgan fingerprint density at radius 3 is 2.57 bits per heavy atom. The zero-order chi connectivity index (χ0) is 15.7. The molecule has 0 atom stereocenters. The van der Waals surface area contributed by atoms with Crippen molar-refractivity contribution in [3.05, 3.63) is 57.0 Å². The van der Waals surface area contributed by atoms with Gasteiger partial charge in [-0.2, -0.15) is 4.98 Å². The third-order valence-corrected chi connectivity index (χ3v) is 3.34. The van der Waals surface area contributed by atoms with Crippen LogP contribution in [0.2, 0.25) is 0 Å². The van der Waals surface area contributed by atoms with Gasteiger partial charge >= 0.3 is 11.7 Å². The number of nitrogens with zero attached hydrogens (tertiary/aromatic N) is 2. The number of carboxylic acid groups (broad SMARTS) is 1. The minimum atomic E-state index is -1.03. The predicted molar refractivity (Wildman–Crippen MR) is 75.3 cm³/mol. The normalized spacial score (nSPS) is 10.7. The SMILES string of the molecule is Cc1ccc(-n2c(C)c(CC(=O)O)c(C)nc2=O)c(F)c1. The summed E-state index contributed by atoms with van der Waals surface area (Å²) in [5.41, 5.74) is 1.33. The van der Waals surface area contributed by atoms with Crippen LogP contribution in [0, 0.1) is 26.6 Å². The van der Waals surface area contributed by atoms with Gasteiger partial charge in [0.25, 0.3) is 0 Å². The highest BCUT2D eigenvalue weighted by atomic mass is 19.1. The lowest BCUT2D eigenvalue weighted by atomic mass is 10.1. The highest BCUT2D eigenvalue weighted by Crippen LogP contribution is 2.18. The van der Waals surface area contributed by atoms with E-state index in [2.05, 4.69) is 4.98 Å². The summed E-state index contributed by atoms with van der Waals surface area (Å²) in [6, 6.07) is 4.49. The second-order valence-electron chi connectivity index (χ2n) is 4.90. The van der Waals surface area contributed by atoms with E-state index < -0.39 is 17.5 Å². The molecule has 0 unspecified atom stereocenters. The lowest BCUT2D eigenvalue weighted by Crippen LogP contribution is -2.27. The van der Waals surface area contributed by atoms with Gasteiger partial charge in [-0.15, -0.1) is 0 Å². The van der Waals surface area contributed by atoms with E-state index in [1.54, 1.807) is 26.8 Å². The summed E-state index contributed by atoms with van der Waals surface area (Å²) in [7, 11) is 0. The molecule has 0 radical (unpaired) electrons. The first-order chi connectivity index (χ1) is 9.81. The molecule has 0 saturated carbocycles. The van der Waals surface area contributed by atoms with Crippen LogP contribution in [0.25, 0.3) is 5.69 Å². The maximum atomic E-state index is 14.1. The highest BCUT2D eigenvalue weighted by Gasteiger charge is 2.17. The Balaban J connectivity index is 2.74.